The third-order valence-corrected chi connectivity index (χ3v) is 7.34. The number of carbonyl (C=O) groups excluding carboxylic acids is 2. The second-order valence-corrected chi connectivity index (χ2v) is 8.65. The van der Waals surface area contributed by atoms with Crippen LogP contribution in [0.15, 0.2) is 48.6 Å². The lowest BCUT2D eigenvalue weighted by atomic mass is 9.60. The van der Waals surface area contributed by atoms with Gasteiger partial charge < -0.3 is 0 Å². The molecule has 1 heterocycles. The molecule has 2 bridgehead atoms. The van der Waals surface area contributed by atoms with Crippen LogP contribution in [0.1, 0.15) is 55.1 Å². The molecule has 1 saturated heterocycles. The number of hydrogen-bond acceptors (Lipinski definition) is 2. The first-order valence-corrected chi connectivity index (χ1v) is 10.3. The molecule has 0 unspecified atom stereocenters. The van der Waals surface area contributed by atoms with Gasteiger partial charge in [-0.2, -0.15) is 0 Å². The zero-order valence-electron chi connectivity index (χ0n) is 15.3. The monoisotopic (exact) mass is 357 g/mol. The molecule has 2 aromatic carbocycles. The SMILES string of the molecule is O=C1[C@@H]2[C@H](C(=O)N1C1CCCCC1)[C@H]1C=C[C@@H]2c2cc3ccccc3cc21. The quantitative estimate of drug-likeness (QED) is 0.556. The van der Waals surface area contributed by atoms with Crippen LogP contribution >= 0.6 is 0 Å². The second kappa shape index (κ2) is 5.54. The summed E-state index contributed by atoms with van der Waals surface area (Å²) in [5.41, 5.74) is 2.52. The van der Waals surface area contributed by atoms with Gasteiger partial charge in [-0.05, 0) is 34.7 Å². The van der Waals surface area contributed by atoms with Crippen LogP contribution in [-0.2, 0) is 9.59 Å². The van der Waals surface area contributed by atoms with Gasteiger partial charge in [0.25, 0.3) is 0 Å². The summed E-state index contributed by atoms with van der Waals surface area (Å²) in [7, 11) is 0. The van der Waals surface area contributed by atoms with Gasteiger partial charge in [0.2, 0.25) is 11.8 Å². The molecule has 1 saturated carbocycles. The van der Waals surface area contributed by atoms with Crippen molar-refractivity contribution in [2.75, 3.05) is 0 Å². The molecule has 27 heavy (non-hydrogen) atoms. The molecule has 1 aliphatic heterocycles. The molecule has 2 fully saturated rings. The largest absolute Gasteiger partial charge is 0.279 e. The summed E-state index contributed by atoms with van der Waals surface area (Å²) in [5.74, 6) is -0.106. The normalized spacial score (nSPS) is 32.2. The fraction of sp³-hybridized carbons (Fsp3) is 0.417. The van der Waals surface area contributed by atoms with Crippen molar-refractivity contribution in [3.05, 3.63) is 59.7 Å². The van der Waals surface area contributed by atoms with Crippen molar-refractivity contribution < 1.29 is 9.59 Å². The van der Waals surface area contributed by atoms with E-state index in [0.29, 0.717) is 0 Å². The number of benzene rings is 2. The van der Waals surface area contributed by atoms with E-state index in [1.54, 1.807) is 4.90 Å². The van der Waals surface area contributed by atoms with Crippen LogP contribution in [0.25, 0.3) is 10.8 Å². The molecule has 7 rings (SSSR count). The van der Waals surface area contributed by atoms with E-state index in [1.807, 2.05) is 0 Å². The molecule has 4 atom stereocenters. The van der Waals surface area contributed by atoms with Gasteiger partial charge in [-0.3, -0.25) is 14.5 Å². The lowest BCUT2D eigenvalue weighted by molar-refractivity contribution is -0.143. The Morgan fingerprint density at radius 1 is 0.741 bits per heavy atom. The first-order valence-electron chi connectivity index (χ1n) is 10.3. The molecule has 4 aliphatic carbocycles. The Labute approximate surface area is 159 Å². The van der Waals surface area contributed by atoms with Crippen molar-refractivity contribution >= 4 is 22.6 Å². The molecule has 2 amide bonds. The predicted molar refractivity (Wildman–Crippen MR) is 104 cm³/mol. The van der Waals surface area contributed by atoms with Crippen LogP contribution in [0.3, 0.4) is 0 Å². The molecular formula is C24H23NO2. The minimum Gasteiger partial charge on any atom is -0.279 e. The molecule has 2 aromatic rings. The topological polar surface area (TPSA) is 37.4 Å². The van der Waals surface area contributed by atoms with E-state index >= 15 is 0 Å². The molecule has 0 aromatic heterocycles. The second-order valence-electron chi connectivity index (χ2n) is 8.65. The molecule has 0 radical (unpaired) electrons. The van der Waals surface area contributed by atoms with Gasteiger partial charge in [0.15, 0.2) is 0 Å². The third-order valence-electron chi connectivity index (χ3n) is 7.34. The number of allylic oxidation sites excluding steroid dienone is 2. The molecule has 3 nitrogen and oxygen atoms in total. The Kier molecular flexibility index (Phi) is 3.21. The van der Waals surface area contributed by atoms with Crippen LogP contribution in [0.5, 0.6) is 0 Å². The fourth-order valence-electron chi connectivity index (χ4n) is 6.12. The van der Waals surface area contributed by atoms with Gasteiger partial charge in [0.1, 0.15) is 0 Å². The first kappa shape index (κ1) is 15.6. The average Bonchev–Trinajstić information content (AvgIpc) is 2.99. The van der Waals surface area contributed by atoms with Crippen molar-refractivity contribution in [3.63, 3.8) is 0 Å². The smallest absolute Gasteiger partial charge is 0.234 e. The van der Waals surface area contributed by atoms with Crippen LogP contribution in [-0.4, -0.2) is 22.8 Å². The highest BCUT2D eigenvalue weighted by Gasteiger charge is 2.59. The Morgan fingerprint density at radius 3 is 1.78 bits per heavy atom. The number of likely N-dealkylation sites (tertiary alicyclic amines) is 1. The summed E-state index contributed by atoms with van der Waals surface area (Å²) in [5, 5.41) is 2.43. The van der Waals surface area contributed by atoms with E-state index in [4.69, 9.17) is 0 Å². The number of carbonyl (C=O) groups is 2. The van der Waals surface area contributed by atoms with E-state index in [0.717, 1.165) is 25.7 Å². The number of rotatable bonds is 1. The van der Waals surface area contributed by atoms with E-state index in [-0.39, 0.29) is 41.5 Å². The van der Waals surface area contributed by atoms with E-state index in [9.17, 15) is 9.59 Å². The highest BCUT2D eigenvalue weighted by Crippen LogP contribution is 2.56. The van der Waals surface area contributed by atoms with Gasteiger partial charge in [0.05, 0.1) is 11.8 Å². The maximum Gasteiger partial charge on any atom is 0.234 e. The maximum absolute atomic E-state index is 13.4. The molecule has 136 valence electrons. The van der Waals surface area contributed by atoms with Gasteiger partial charge >= 0.3 is 0 Å². The summed E-state index contributed by atoms with van der Waals surface area (Å²) in [6.07, 6.45) is 9.84. The summed E-state index contributed by atoms with van der Waals surface area (Å²) in [6, 6.07) is 13.0. The van der Waals surface area contributed by atoms with E-state index in [2.05, 4.69) is 48.6 Å². The van der Waals surface area contributed by atoms with Crippen LogP contribution < -0.4 is 0 Å². The molecule has 0 N–H and O–H groups in total. The Balaban J connectivity index is 1.46. The standard InChI is InChI=1S/C24H23NO2/c26-23-21-17-10-11-18(20-13-15-7-5-4-6-14(15)12-19(17)20)22(21)24(27)25(23)16-8-2-1-3-9-16/h4-7,10-13,16-18,21-22H,1-3,8-9H2/t17-,18+,21+,22-. The van der Waals surface area contributed by atoms with Crippen LogP contribution in [0, 0.1) is 11.8 Å². The highest BCUT2D eigenvalue weighted by molar-refractivity contribution is 6.07. The Hall–Kier alpha value is -2.42. The summed E-state index contributed by atoms with van der Waals surface area (Å²) in [4.78, 5) is 28.5. The summed E-state index contributed by atoms with van der Waals surface area (Å²) < 4.78 is 0. The average molecular weight is 357 g/mol. The molecular weight excluding hydrogens is 334 g/mol. The van der Waals surface area contributed by atoms with Crippen molar-refractivity contribution in [2.45, 2.75) is 50.0 Å². The highest BCUT2D eigenvalue weighted by atomic mass is 16.2. The minimum absolute atomic E-state index is 0.0460. The minimum atomic E-state index is -0.192. The van der Waals surface area contributed by atoms with Crippen molar-refractivity contribution in [1.82, 2.24) is 4.90 Å². The number of imide groups is 1. The number of nitrogens with zero attached hydrogens (tertiary/aromatic N) is 1. The van der Waals surface area contributed by atoms with E-state index in [1.165, 1.54) is 28.3 Å². The fourth-order valence-corrected chi connectivity index (χ4v) is 6.12. The van der Waals surface area contributed by atoms with Crippen LogP contribution in [0.2, 0.25) is 0 Å². The maximum atomic E-state index is 13.4. The Bertz CT molecular complexity index is 930. The van der Waals surface area contributed by atoms with Crippen molar-refractivity contribution in [3.8, 4) is 0 Å². The molecule has 5 aliphatic rings. The molecule has 0 spiro atoms. The van der Waals surface area contributed by atoms with Crippen molar-refractivity contribution in [1.29, 1.82) is 0 Å². The van der Waals surface area contributed by atoms with Gasteiger partial charge in [0, 0.05) is 17.9 Å². The van der Waals surface area contributed by atoms with Crippen LogP contribution in [0.4, 0.5) is 0 Å². The van der Waals surface area contributed by atoms with E-state index < -0.39 is 0 Å². The van der Waals surface area contributed by atoms with Gasteiger partial charge in [-0.25, -0.2) is 0 Å². The number of amides is 2. The lowest BCUT2D eigenvalue weighted by Crippen LogP contribution is -2.42. The number of fused-ring (bicyclic) bond motifs is 1. The zero-order valence-corrected chi connectivity index (χ0v) is 15.3. The van der Waals surface area contributed by atoms with Crippen molar-refractivity contribution in [2.24, 2.45) is 11.8 Å². The predicted octanol–water partition coefficient (Wildman–Crippen LogP) is 4.52. The number of hydrogen-bond donors (Lipinski definition) is 0. The zero-order chi connectivity index (χ0) is 18.1. The summed E-state index contributed by atoms with van der Waals surface area (Å²) >= 11 is 0. The molecule has 3 heteroatoms. The van der Waals surface area contributed by atoms with Gasteiger partial charge in [-0.15, -0.1) is 0 Å². The third kappa shape index (κ3) is 2.03. The summed E-state index contributed by atoms with van der Waals surface area (Å²) in [6.45, 7) is 0. The first-order chi connectivity index (χ1) is 13.2. The Morgan fingerprint density at radius 2 is 1.26 bits per heavy atom. The lowest BCUT2D eigenvalue weighted by Gasteiger charge is -2.40. The van der Waals surface area contributed by atoms with Gasteiger partial charge in [-0.1, -0.05) is 67.8 Å².